The lowest BCUT2D eigenvalue weighted by Gasteiger charge is -2.27. The highest BCUT2D eigenvalue weighted by molar-refractivity contribution is 7.89. The molecule has 3 aromatic carbocycles. The van der Waals surface area contributed by atoms with Gasteiger partial charge in [-0.3, -0.25) is 14.7 Å². The molecule has 8 heteroatoms. The lowest BCUT2D eigenvalue weighted by molar-refractivity contribution is -0.118. The molecule has 1 heterocycles. The number of aromatic nitrogens is 1. The molecule has 34 heavy (non-hydrogen) atoms. The van der Waals surface area contributed by atoms with E-state index in [1.165, 1.54) is 23.4 Å². The number of para-hydroxylation sites is 2. The molecule has 0 unspecified atom stereocenters. The summed E-state index contributed by atoms with van der Waals surface area (Å²) in [7, 11) is -4.01. The van der Waals surface area contributed by atoms with E-state index in [9.17, 15) is 13.2 Å². The van der Waals surface area contributed by atoms with Crippen molar-refractivity contribution in [1.82, 2.24) is 9.29 Å². The van der Waals surface area contributed by atoms with E-state index < -0.39 is 10.0 Å². The van der Waals surface area contributed by atoms with Gasteiger partial charge in [-0.15, -0.1) is 0 Å². The predicted molar refractivity (Wildman–Crippen MR) is 133 cm³/mol. The van der Waals surface area contributed by atoms with Crippen molar-refractivity contribution in [2.24, 2.45) is 0 Å². The molecule has 0 radical (unpaired) electrons. The highest BCUT2D eigenvalue weighted by Crippen LogP contribution is 2.27. The third-order valence-electron chi connectivity index (χ3n) is 5.13. The molecular weight excluding hydrogens is 470 g/mol. The number of amides is 1. The van der Waals surface area contributed by atoms with Gasteiger partial charge in [0.25, 0.3) is 0 Å². The van der Waals surface area contributed by atoms with Gasteiger partial charge in [-0.2, -0.15) is 4.31 Å². The second kappa shape index (κ2) is 10.6. The average molecular weight is 492 g/mol. The van der Waals surface area contributed by atoms with E-state index in [1.54, 1.807) is 30.3 Å². The predicted octanol–water partition coefficient (Wildman–Crippen LogP) is 5.29. The van der Waals surface area contributed by atoms with Gasteiger partial charge >= 0.3 is 0 Å². The van der Waals surface area contributed by atoms with E-state index in [4.69, 9.17) is 11.6 Å². The first-order valence-corrected chi connectivity index (χ1v) is 12.3. The van der Waals surface area contributed by atoms with Crippen LogP contribution >= 0.6 is 11.6 Å². The normalized spacial score (nSPS) is 11.4. The number of carbonyl (C=O) groups excluding carboxylic acids is 1. The number of sulfonamides is 1. The number of rotatable bonds is 8. The molecule has 6 nitrogen and oxygen atoms in total. The fourth-order valence-corrected chi connectivity index (χ4v) is 4.95. The van der Waals surface area contributed by atoms with Crippen LogP contribution < -0.4 is 4.90 Å². The molecule has 0 aliphatic heterocycles. The number of benzene rings is 3. The van der Waals surface area contributed by atoms with Crippen LogP contribution in [0.5, 0.6) is 0 Å². The Labute approximate surface area is 204 Å². The maximum atomic E-state index is 13.7. The van der Waals surface area contributed by atoms with Crippen LogP contribution in [0.3, 0.4) is 0 Å². The van der Waals surface area contributed by atoms with Crippen LogP contribution in [0.25, 0.3) is 0 Å². The standard InChI is InChI=1S/C26H22ClN3O3S/c27-22-15-13-21(14-16-22)19-29(34(32,33)25-12-7-17-28-18-25)20-26(31)30(23-8-3-1-4-9-23)24-10-5-2-6-11-24/h1-18H,19-20H2. The summed E-state index contributed by atoms with van der Waals surface area (Å²) in [5.41, 5.74) is 1.99. The number of nitrogens with zero attached hydrogens (tertiary/aromatic N) is 3. The molecule has 0 spiro atoms. The fourth-order valence-electron chi connectivity index (χ4n) is 3.48. The van der Waals surface area contributed by atoms with Crippen molar-refractivity contribution in [2.75, 3.05) is 11.4 Å². The molecule has 4 rings (SSSR count). The minimum atomic E-state index is -4.01. The minimum Gasteiger partial charge on any atom is -0.280 e. The lowest BCUT2D eigenvalue weighted by atomic mass is 10.2. The first kappa shape index (κ1) is 23.6. The molecule has 1 aromatic heterocycles. The van der Waals surface area contributed by atoms with Gasteiger partial charge in [0.2, 0.25) is 15.9 Å². The Hall–Kier alpha value is -3.52. The number of hydrogen-bond acceptors (Lipinski definition) is 4. The van der Waals surface area contributed by atoms with Gasteiger partial charge in [0.15, 0.2) is 0 Å². The third kappa shape index (κ3) is 5.51. The quantitative estimate of drug-likeness (QED) is 0.336. The summed E-state index contributed by atoms with van der Waals surface area (Å²) in [6.07, 6.45) is 2.78. The van der Waals surface area contributed by atoms with Crippen LogP contribution in [-0.2, 0) is 21.4 Å². The molecule has 0 saturated heterocycles. The van der Waals surface area contributed by atoms with E-state index >= 15 is 0 Å². The molecule has 1 amide bonds. The Balaban J connectivity index is 1.72. The largest absolute Gasteiger partial charge is 0.280 e. The smallest absolute Gasteiger partial charge is 0.246 e. The Morgan fingerprint density at radius 3 is 1.91 bits per heavy atom. The first-order chi connectivity index (χ1) is 16.4. The topological polar surface area (TPSA) is 70.6 Å². The Bertz CT molecular complexity index is 1300. The van der Waals surface area contributed by atoms with Crippen LogP contribution in [0, 0.1) is 0 Å². The van der Waals surface area contributed by atoms with Crippen molar-refractivity contribution in [3.8, 4) is 0 Å². The van der Waals surface area contributed by atoms with E-state index in [0.717, 1.165) is 4.31 Å². The van der Waals surface area contributed by atoms with E-state index in [0.29, 0.717) is 22.0 Å². The molecule has 0 atom stereocenters. The zero-order valence-electron chi connectivity index (χ0n) is 18.2. The summed E-state index contributed by atoms with van der Waals surface area (Å²) in [5.74, 6) is -0.390. The Morgan fingerprint density at radius 2 is 1.38 bits per heavy atom. The Morgan fingerprint density at radius 1 is 0.794 bits per heavy atom. The van der Waals surface area contributed by atoms with E-state index in [1.807, 2.05) is 60.7 Å². The molecule has 0 saturated carbocycles. The van der Waals surface area contributed by atoms with Crippen molar-refractivity contribution in [1.29, 1.82) is 0 Å². The number of pyridine rings is 1. The van der Waals surface area contributed by atoms with Gasteiger partial charge in [0.1, 0.15) is 4.90 Å². The van der Waals surface area contributed by atoms with Crippen molar-refractivity contribution >= 4 is 38.9 Å². The summed E-state index contributed by atoms with van der Waals surface area (Å²) in [6, 6.07) is 28.1. The molecule has 0 N–H and O–H groups in total. The number of anilines is 2. The first-order valence-electron chi connectivity index (χ1n) is 10.5. The monoisotopic (exact) mass is 491 g/mol. The number of carbonyl (C=O) groups is 1. The number of halogens is 1. The van der Waals surface area contributed by atoms with Gasteiger partial charge in [0, 0.05) is 35.3 Å². The van der Waals surface area contributed by atoms with Crippen LogP contribution in [-0.4, -0.2) is 30.2 Å². The summed E-state index contributed by atoms with van der Waals surface area (Å²) in [4.78, 5) is 19.1. The highest BCUT2D eigenvalue weighted by Gasteiger charge is 2.30. The van der Waals surface area contributed by atoms with Crippen molar-refractivity contribution < 1.29 is 13.2 Å². The second-order valence-corrected chi connectivity index (χ2v) is 9.86. The lowest BCUT2D eigenvalue weighted by Crippen LogP contribution is -2.41. The minimum absolute atomic E-state index is 0.00242. The molecule has 0 aliphatic rings. The molecule has 0 fully saturated rings. The van der Waals surface area contributed by atoms with Crippen molar-refractivity contribution in [2.45, 2.75) is 11.4 Å². The number of hydrogen-bond donors (Lipinski definition) is 0. The summed E-state index contributed by atoms with van der Waals surface area (Å²) in [6.45, 7) is -0.374. The Kier molecular flexibility index (Phi) is 7.37. The zero-order valence-corrected chi connectivity index (χ0v) is 19.7. The van der Waals surface area contributed by atoms with Gasteiger partial charge in [-0.1, -0.05) is 60.1 Å². The van der Waals surface area contributed by atoms with Crippen LogP contribution in [0.15, 0.2) is 114 Å². The molecule has 4 aromatic rings. The third-order valence-corrected chi connectivity index (χ3v) is 7.16. The second-order valence-electron chi connectivity index (χ2n) is 7.49. The van der Waals surface area contributed by atoms with Gasteiger partial charge in [-0.25, -0.2) is 8.42 Å². The molecular formula is C26H22ClN3O3S. The van der Waals surface area contributed by atoms with E-state index in [-0.39, 0.29) is 23.9 Å². The van der Waals surface area contributed by atoms with Crippen LogP contribution in [0.4, 0.5) is 11.4 Å². The van der Waals surface area contributed by atoms with E-state index in [2.05, 4.69) is 4.98 Å². The maximum Gasteiger partial charge on any atom is 0.246 e. The van der Waals surface area contributed by atoms with Gasteiger partial charge in [0.05, 0.1) is 6.54 Å². The van der Waals surface area contributed by atoms with Gasteiger partial charge < -0.3 is 0 Å². The summed E-state index contributed by atoms with van der Waals surface area (Å²) < 4.78 is 28.2. The average Bonchev–Trinajstić information content (AvgIpc) is 2.87. The van der Waals surface area contributed by atoms with Crippen molar-refractivity contribution in [3.63, 3.8) is 0 Å². The van der Waals surface area contributed by atoms with Crippen molar-refractivity contribution in [3.05, 3.63) is 120 Å². The summed E-state index contributed by atoms with van der Waals surface area (Å²) in [5, 5.41) is 0.542. The van der Waals surface area contributed by atoms with Crippen LogP contribution in [0.2, 0.25) is 5.02 Å². The maximum absolute atomic E-state index is 13.7. The fraction of sp³-hybridized carbons (Fsp3) is 0.0769. The molecule has 0 bridgehead atoms. The summed E-state index contributed by atoms with van der Waals surface area (Å²) >= 11 is 5.99. The molecule has 172 valence electrons. The van der Waals surface area contributed by atoms with Gasteiger partial charge in [-0.05, 0) is 54.1 Å². The zero-order chi connectivity index (χ0) is 24.0. The van der Waals surface area contributed by atoms with Crippen LogP contribution in [0.1, 0.15) is 5.56 Å². The SMILES string of the molecule is O=C(CN(Cc1ccc(Cl)cc1)S(=O)(=O)c1cccnc1)N(c1ccccc1)c1ccccc1. The molecule has 0 aliphatic carbocycles. The highest BCUT2D eigenvalue weighted by atomic mass is 35.5.